The van der Waals surface area contributed by atoms with Crippen LogP contribution in [-0.2, 0) is 23.1 Å². The van der Waals surface area contributed by atoms with E-state index in [0.717, 1.165) is 48.5 Å². The number of likely N-dealkylation sites (N-methyl/N-ethyl adjacent to an activating group) is 1. The van der Waals surface area contributed by atoms with E-state index in [1.807, 2.05) is 19.2 Å². The van der Waals surface area contributed by atoms with Gasteiger partial charge in [-0.2, -0.15) is 0 Å². The molecule has 1 spiro atoms. The minimum atomic E-state index is -0.957. The van der Waals surface area contributed by atoms with Crippen molar-refractivity contribution < 1.29 is 19.7 Å². The number of rotatable bonds is 5. The second-order valence-corrected chi connectivity index (χ2v) is 12.6. The van der Waals surface area contributed by atoms with Gasteiger partial charge in [0.25, 0.3) is 0 Å². The molecule has 7 rings (SSSR count). The molecule has 5 aliphatic rings. The number of likely N-dealkylation sites (tertiary alicyclic amines) is 1. The maximum atomic E-state index is 13.5. The zero-order valence-corrected chi connectivity index (χ0v) is 22.4. The fourth-order valence-corrected chi connectivity index (χ4v) is 8.31. The zero-order chi connectivity index (χ0) is 25.7. The number of phenolic OH excluding ortho intramolecular Hbond substituents is 1. The number of aromatic hydroxyl groups is 1. The van der Waals surface area contributed by atoms with Crippen LogP contribution in [0.1, 0.15) is 48.8 Å². The Bertz CT molecular complexity index is 1300. The number of carbonyl (C=O) groups is 1. The fourth-order valence-electron chi connectivity index (χ4n) is 7.99. The number of halogens is 2. The Balaban J connectivity index is 1.25. The molecule has 3 fully saturated rings. The number of hydrogen-bond acceptors (Lipinski definition) is 5. The Morgan fingerprint density at radius 1 is 1.16 bits per heavy atom. The number of hydrogen-bond donors (Lipinski definition) is 2. The first-order chi connectivity index (χ1) is 17.7. The van der Waals surface area contributed by atoms with E-state index in [2.05, 4.69) is 4.90 Å². The fraction of sp³-hybridized carbons (Fsp3) is 0.552. The molecular formula is C29H32Cl2N2O4. The molecule has 196 valence electrons. The molecular weight excluding hydrogens is 511 g/mol. The number of benzene rings is 2. The van der Waals surface area contributed by atoms with E-state index in [1.165, 1.54) is 12.8 Å². The van der Waals surface area contributed by atoms with Gasteiger partial charge in [-0.3, -0.25) is 9.69 Å². The Hall–Kier alpha value is -1.99. The van der Waals surface area contributed by atoms with E-state index < -0.39 is 17.1 Å². The molecule has 2 saturated carbocycles. The molecule has 2 aliphatic heterocycles. The van der Waals surface area contributed by atoms with E-state index in [1.54, 1.807) is 23.1 Å². The lowest BCUT2D eigenvalue weighted by Gasteiger charge is -2.64. The average Bonchev–Trinajstić information content (AvgIpc) is 3.61. The van der Waals surface area contributed by atoms with Crippen molar-refractivity contribution in [2.24, 2.45) is 5.92 Å². The summed E-state index contributed by atoms with van der Waals surface area (Å²) in [5.41, 5.74) is 1.35. The first-order valence-electron chi connectivity index (χ1n) is 13.4. The summed E-state index contributed by atoms with van der Waals surface area (Å²) in [4.78, 5) is 17.8. The topological polar surface area (TPSA) is 73.2 Å². The molecule has 3 aliphatic carbocycles. The monoisotopic (exact) mass is 542 g/mol. The van der Waals surface area contributed by atoms with Gasteiger partial charge in [-0.15, -0.1) is 0 Å². The van der Waals surface area contributed by atoms with Crippen LogP contribution < -0.4 is 4.74 Å². The molecule has 0 aromatic heterocycles. The van der Waals surface area contributed by atoms with Crippen LogP contribution in [0.25, 0.3) is 0 Å². The van der Waals surface area contributed by atoms with Crippen LogP contribution in [0.5, 0.6) is 11.5 Å². The first-order valence-corrected chi connectivity index (χ1v) is 14.2. The molecule has 0 radical (unpaired) electrons. The van der Waals surface area contributed by atoms with Crippen molar-refractivity contribution in [3.05, 3.63) is 57.1 Å². The minimum absolute atomic E-state index is 0.0223. The van der Waals surface area contributed by atoms with E-state index in [4.69, 9.17) is 27.9 Å². The van der Waals surface area contributed by atoms with E-state index in [-0.39, 0.29) is 30.2 Å². The van der Waals surface area contributed by atoms with Gasteiger partial charge >= 0.3 is 0 Å². The summed E-state index contributed by atoms with van der Waals surface area (Å²) in [5.74, 6) is 1.33. The second kappa shape index (κ2) is 8.25. The third kappa shape index (κ3) is 3.35. The summed E-state index contributed by atoms with van der Waals surface area (Å²) < 4.78 is 6.61. The molecule has 6 nitrogen and oxygen atoms in total. The predicted octanol–water partition coefficient (Wildman–Crippen LogP) is 4.33. The van der Waals surface area contributed by atoms with Gasteiger partial charge in [-0.25, -0.2) is 0 Å². The maximum Gasteiger partial charge on any atom is 0.227 e. The van der Waals surface area contributed by atoms with Crippen molar-refractivity contribution in [3.8, 4) is 11.5 Å². The molecule has 1 saturated heterocycles. The van der Waals surface area contributed by atoms with Gasteiger partial charge in [0.2, 0.25) is 5.91 Å². The number of aliphatic hydroxyl groups is 1. The number of amides is 1. The molecule has 2 aromatic carbocycles. The highest BCUT2D eigenvalue weighted by Gasteiger charge is 2.73. The molecule has 2 aromatic rings. The molecule has 2 heterocycles. The molecule has 8 heteroatoms. The van der Waals surface area contributed by atoms with Crippen LogP contribution in [0, 0.1) is 5.92 Å². The molecule has 2 N–H and O–H groups in total. The first kappa shape index (κ1) is 24.1. The Morgan fingerprint density at radius 2 is 1.97 bits per heavy atom. The summed E-state index contributed by atoms with van der Waals surface area (Å²) in [6, 6.07) is 8.81. The highest BCUT2D eigenvalue weighted by Crippen LogP contribution is 2.66. The van der Waals surface area contributed by atoms with Crippen molar-refractivity contribution >= 4 is 29.1 Å². The average molecular weight is 543 g/mol. The third-order valence-corrected chi connectivity index (χ3v) is 10.7. The van der Waals surface area contributed by atoms with Gasteiger partial charge in [0.15, 0.2) is 11.5 Å². The van der Waals surface area contributed by atoms with Gasteiger partial charge in [0.1, 0.15) is 6.10 Å². The quantitative estimate of drug-likeness (QED) is 0.588. The summed E-state index contributed by atoms with van der Waals surface area (Å²) >= 11 is 12.3. The van der Waals surface area contributed by atoms with Crippen LogP contribution in [-0.4, -0.2) is 69.8 Å². The highest BCUT2D eigenvalue weighted by molar-refractivity contribution is 6.42. The second-order valence-electron chi connectivity index (χ2n) is 11.8. The summed E-state index contributed by atoms with van der Waals surface area (Å²) in [6.07, 6.45) is 5.11. The van der Waals surface area contributed by atoms with Crippen LogP contribution in [0.15, 0.2) is 30.3 Å². The van der Waals surface area contributed by atoms with Crippen molar-refractivity contribution in [1.82, 2.24) is 9.80 Å². The van der Waals surface area contributed by atoms with Crippen molar-refractivity contribution in [2.45, 2.75) is 74.1 Å². The maximum absolute atomic E-state index is 13.5. The standard InChI is InChI=1S/C29H32Cl2N2O4/c1-32(24(35)13-17-4-6-19(30)20(31)12-17)21-8-9-29(36)23-14-18-5-7-22(34)26-25(18)28(29,27(21)37-26)10-11-33(23)15-16-2-3-16/h4-7,12,16,21,23,27,34,36H,2-3,8-11,13-15H2,1H3/t21-,23-,27+,28+,29-/m1/s1. The zero-order valence-electron chi connectivity index (χ0n) is 20.9. The van der Waals surface area contributed by atoms with Crippen molar-refractivity contribution in [3.63, 3.8) is 0 Å². The smallest absolute Gasteiger partial charge is 0.227 e. The van der Waals surface area contributed by atoms with E-state index in [0.29, 0.717) is 28.6 Å². The molecule has 5 atom stereocenters. The van der Waals surface area contributed by atoms with Crippen LogP contribution >= 0.6 is 23.2 Å². The molecule has 0 unspecified atom stereocenters. The number of phenols is 1. The highest BCUT2D eigenvalue weighted by atomic mass is 35.5. The minimum Gasteiger partial charge on any atom is -0.504 e. The normalized spacial score (nSPS) is 33.6. The lowest BCUT2D eigenvalue weighted by atomic mass is 9.48. The summed E-state index contributed by atoms with van der Waals surface area (Å²) in [6.45, 7) is 1.94. The number of piperidine rings is 1. The molecule has 1 amide bonds. The Morgan fingerprint density at radius 3 is 2.73 bits per heavy atom. The summed E-state index contributed by atoms with van der Waals surface area (Å²) in [5, 5.41) is 24.3. The molecule has 2 bridgehead atoms. The largest absolute Gasteiger partial charge is 0.504 e. The van der Waals surface area contributed by atoms with Gasteiger partial charge in [0.05, 0.1) is 33.5 Å². The van der Waals surface area contributed by atoms with Gasteiger partial charge in [0, 0.05) is 25.2 Å². The number of nitrogens with zero attached hydrogens (tertiary/aromatic N) is 2. The molecule has 37 heavy (non-hydrogen) atoms. The van der Waals surface area contributed by atoms with Crippen molar-refractivity contribution in [1.29, 1.82) is 0 Å². The lowest BCUT2D eigenvalue weighted by Crippen LogP contribution is -2.78. The van der Waals surface area contributed by atoms with Gasteiger partial charge in [-0.1, -0.05) is 35.3 Å². The lowest BCUT2D eigenvalue weighted by molar-refractivity contribution is -0.200. The Labute approximate surface area is 227 Å². The van der Waals surface area contributed by atoms with Crippen molar-refractivity contribution in [2.75, 3.05) is 20.1 Å². The number of ether oxygens (including phenoxy) is 1. The summed E-state index contributed by atoms with van der Waals surface area (Å²) in [7, 11) is 1.83. The van der Waals surface area contributed by atoms with Gasteiger partial charge in [-0.05, 0) is 80.3 Å². The van der Waals surface area contributed by atoms with E-state index in [9.17, 15) is 15.0 Å². The van der Waals surface area contributed by atoms with Gasteiger partial charge < -0.3 is 19.8 Å². The van der Waals surface area contributed by atoms with Crippen LogP contribution in [0.4, 0.5) is 0 Å². The van der Waals surface area contributed by atoms with Crippen LogP contribution in [0.3, 0.4) is 0 Å². The predicted molar refractivity (Wildman–Crippen MR) is 142 cm³/mol. The van der Waals surface area contributed by atoms with E-state index >= 15 is 0 Å². The third-order valence-electron chi connectivity index (χ3n) is 9.96. The SMILES string of the molecule is CN(C(=O)Cc1ccc(Cl)c(Cl)c1)[C@@H]1CC[C@@]2(O)[C@H]3Cc4ccc(O)c5c4[C@@]2(CCN3CC2CC2)[C@H]1O5. The Kier molecular flexibility index (Phi) is 5.37. The van der Waals surface area contributed by atoms with Crippen LogP contribution in [0.2, 0.25) is 10.0 Å². The number of carbonyl (C=O) groups excluding carboxylic acids is 1.